The van der Waals surface area contributed by atoms with Crippen LogP contribution in [0.3, 0.4) is 0 Å². The summed E-state index contributed by atoms with van der Waals surface area (Å²) in [7, 11) is 0. The molecule has 2 nitrogen and oxygen atoms in total. The second-order valence-corrected chi connectivity index (χ2v) is 1.70. The second-order valence-electron chi connectivity index (χ2n) is 1.70. The van der Waals surface area contributed by atoms with Crippen molar-refractivity contribution in [2.75, 3.05) is 13.2 Å². The molecule has 0 radical (unpaired) electrons. The van der Waals surface area contributed by atoms with E-state index >= 15 is 0 Å². The lowest BCUT2D eigenvalue weighted by Crippen LogP contribution is -2.06. The molecular weight excluding hydrogens is 116 g/mol. The predicted molar refractivity (Wildman–Crippen MR) is 36.3 cm³/mol. The Morgan fingerprint density at radius 1 is 1.78 bits per heavy atom. The molecule has 0 N–H and O–H groups in total. The lowest BCUT2D eigenvalue weighted by Gasteiger charge is -1.95. The van der Waals surface area contributed by atoms with Crippen molar-refractivity contribution in [3.63, 3.8) is 0 Å². The first-order valence-electron chi connectivity index (χ1n) is 3.01. The van der Waals surface area contributed by atoms with E-state index in [0.29, 0.717) is 13.0 Å². The molecule has 0 saturated heterocycles. The molecule has 0 unspecified atom stereocenters. The van der Waals surface area contributed by atoms with Crippen LogP contribution in [0, 0.1) is 0 Å². The molecule has 0 amide bonds. The lowest BCUT2D eigenvalue weighted by atomic mass is 10.3. The third-order valence-corrected chi connectivity index (χ3v) is 0.893. The third-order valence-electron chi connectivity index (χ3n) is 0.893. The highest BCUT2D eigenvalue weighted by molar-refractivity contribution is 5.79. The van der Waals surface area contributed by atoms with E-state index in [1.807, 2.05) is 6.92 Å². The fourth-order valence-corrected chi connectivity index (χ4v) is 0.358. The van der Waals surface area contributed by atoms with Gasteiger partial charge in [-0.3, -0.25) is 4.79 Å². The summed E-state index contributed by atoms with van der Waals surface area (Å²) in [6.45, 7) is 5.95. The van der Waals surface area contributed by atoms with Gasteiger partial charge in [-0.1, -0.05) is 13.0 Å². The van der Waals surface area contributed by atoms with Crippen LogP contribution in [0.1, 0.15) is 13.3 Å². The molecule has 0 fully saturated rings. The van der Waals surface area contributed by atoms with E-state index in [-0.39, 0.29) is 12.4 Å². The Labute approximate surface area is 55.5 Å². The molecule has 0 bridgehead atoms. The van der Waals surface area contributed by atoms with Crippen molar-refractivity contribution in [1.82, 2.24) is 0 Å². The molecule has 0 aliphatic rings. The molecule has 0 aromatic rings. The number of ketones is 1. The minimum atomic E-state index is 0.136. The highest BCUT2D eigenvalue weighted by Crippen LogP contribution is 1.82. The van der Waals surface area contributed by atoms with Gasteiger partial charge in [-0.05, 0) is 0 Å². The van der Waals surface area contributed by atoms with Crippen LogP contribution >= 0.6 is 0 Å². The highest BCUT2D eigenvalue weighted by atomic mass is 16.5. The fourth-order valence-electron chi connectivity index (χ4n) is 0.358. The van der Waals surface area contributed by atoms with Crippen LogP contribution in [0.15, 0.2) is 12.7 Å². The predicted octanol–water partition coefficient (Wildman–Crippen LogP) is 1.17. The van der Waals surface area contributed by atoms with Crippen molar-refractivity contribution < 1.29 is 9.53 Å². The van der Waals surface area contributed by atoms with E-state index in [4.69, 9.17) is 4.74 Å². The van der Waals surface area contributed by atoms with Crippen molar-refractivity contribution in [2.45, 2.75) is 13.3 Å². The van der Waals surface area contributed by atoms with E-state index in [0.717, 1.165) is 0 Å². The summed E-state index contributed by atoms with van der Waals surface area (Å²) in [6, 6.07) is 0. The van der Waals surface area contributed by atoms with Crippen molar-refractivity contribution in [2.24, 2.45) is 0 Å². The zero-order valence-electron chi connectivity index (χ0n) is 5.72. The highest BCUT2D eigenvalue weighted by Gasteiger charge is 1.94. The van der Waals surface area contributed by atoms with Crippen LogP contribution < -0.4 is 0 Å². The summed E-state index contributed by atoms with van der Waals surface area (Å²) in [5.74, 6) is 0.136. The molecule has 9 heavy (non-hydrogen) atoms. The maximum absolute atomic E-state index is 10.5. The van der Waals surface area contributed by atoms with Gasteiger partial charge in [0.25, 0.3) is 0 Å². The Kier molecular flexibility index (Phi) is 5.12. The fraction of sp³-hybridized carbons (Fsp3) is 0.571. The molecule has 0 saturated carbocycles. The Morgan fingerprint density at radius 2 is 2.44 bits per heavy atom. The van der Waals surface area contributed by atoms with Gasteiger partial charge in [0.2, 0.25) is 0 Å². The number of Topliss-reactive ketones (excluding diaryl/α,β-unsaturated/α-hetero) is 1. The van der Waals surface area contributed by atoms with Crippen molar-refractivity contribution in [3.8, 4) is 0 Å². The molecule has 0 aromatic heterocycles. The molecule has 0 aromatic carbocycles. The smallest absolute Gasteiger partial charge is 0.158 e. The summed E-state index contributed by atoms with van der Waals surface area (Å²) in [5.41, 5.74) is 0. The Hall–Kier alpha value is -0.630. The standard InChI is InChI=1S/C7H12O2/c1-3-5-9-6-7(8)4-2/h3H,1,4-6H2,2H3. The minimum Gasteiger partial charge on any atom is -0.370 e. The van der Waals surface area contributed by atoms with Gasteiger partial charge in [0.05, 0.1) is 6.61 Å². The second kappa shape index (κ2) is 5.51. The molecule has 0 aliphatic heterocycles. The molecule has 2 heteroatoms. The zero-order valence-corrected chi connectivity index (χ0v) is 5.72. The largest absolute Gasteiger partial charge is 0.370 e. The topological polar surface area (TPSA) is 26.3 Å². The molecule has 0 atom stereocenters. The molecule has 0 spiro atoms. The number of hydrogen-bond donors (Lipinski definition) is 0. The first kappa shape index (κ1) is 8.37. The lowest BCUT2D eigenvalue weighted by molar-refractivity contribution is -0.122. The summed E-state index contributed by atoms with van der Waals surface area (Å²) in [6.07, 6.45) is 2.18. The minimum absolute atomic E-state index is 0.136. The SMILES string of the molecule is C=CCOCC(=O)CC. The Morgan fingerprint density at radius 3 is 2.89 bits per heavy atom. The van der Waals surface area contributed by atoms with Gasteiger partial charge in [0, 0.05) is 6.42 Å². The van der Waals surface area contributed by atoms with Crippen molar-refractivity contribution >= 4 is 5.78 Å². The van der Waals surface area contributed by atoms with E-state index in [1.165, 1.54) is 0 Å². The van der Waals surface area contributed by atoms with Crippen LogP contribution in [0.5, 0.6) is 0 Å². The van der Waals surface area contributed by atoms with Gasteiger partial charge >= 0.3 is 0 Å². The average Bonchev–Trinajstić information content (AvgIpc) is 1.89. The van der Waals surface area contributed by atoms with Crippen LogP contribution in [-0.4, -0.2) is 19.0 Å². The van der Waals surface area contributed by atoms with Gasteiger partial charge in [0.15, 0.2) is 5.78 Å². The first-order valence-corrected chi connectivity index (χ1v) is 3.01. The maximum Gasteiger partial charge on any atom is 0.158 e. The average molecular weight is 128 g/mol. The Balaban J connectivity index is 3.06. The molecule has 0 rings (SSSR count). The van der Waals surface area contributed by atoms with E-state index < -0.39 is 0 Å². The van der Waals surface area contributed by atoms with Gasteiger partial charge in [-0.15, -0.1) is 6.58 Å². The normalized spacial score (nSPS) is 9.00. The van der Waals surface area contributed by atoms with Gasteiger partial charge in [-0.25, -0.2) is 0 Å². The zero-order chi connectivity index (χ0) is 7.11. The van der Waals surface area contributed by atoms with Gasteiger partial charge < -0.3 is 4.74 Å². The van der Waals surface area contributed by atoms with Crippen molar-refractivity contribution in [1.29, 1.82) is 0 Å². The summed E-state index contributed by atoms with van der Waals surface area (Å²) in [4.78, 5) is 10.5. The van der Waals surface area contributed by atoms with Crippen LogP contribution in [0.2, 0.25) is 0 Å². The van der Waals surface area contributed by atoms with E-state index in [9.17, 15) is 4.79 Å². The maximum atomic E-state index is 10.5. The van der Waals surface area contributed by atoms with Crippen LogP contribution in [0.4, 0.5) is 0 Å². The summed E-state index contributed by atoms with van der Waals surface area (Å²) >= 11 is 0. The van der Waals surface area contributed by atoms with E-state index in [1.54, 1.807) is 6.08 Å². The Bertz CT molecular complexity index is 97.1. The number of rotatable bonds is 5. The van der Waals surface area contributed by atoms with Crippen molar-refractivity contribution in [3.05, 3.63) is 12.7 Å². The number of carbonyl (C=O) groups excluding carboxylic acids is 1. The summed E-state index contributed by atoms with van der Waals surface area (Å²) in [5, 5.41) is 0. The van der Waals surface area contributed by atoms with Gasteiger partial charge in [-0.2, -0.15) is 0 Å². The molecular formula is C7H12O2. The van der Waals surface area contributed by atoms with E-state index in [2.05, 4.69) is 6.58 Å². The first-order chi connectivity index (χ1) is 4.31. The number of ether oxygens (including phenoxy) is 1. The van der Waals surface area contributed by atoms with Gasteiger partial charge in [0.1, 0.15) is 6.61 Å². The van der Waals surface area contributed by atoms with Crippen LogP contribution in [-0.2, 0) is 9.53 Å². The summed E-state index contributed by atoms with van der Waals surface area (Å²) < 4.78 is 4.87. The number of hydrogen-bond acceptors (Lipinski definition) is 2. The monoisotopic (exact) mass is 128 g/mol. The quantitative estimate of drug-likeness (QED) is 0.410. The number of carbonyl (C=O) groups is 1. The van der Waals surface area contributed by atoms with Crippen LogP contribution in [0.25, 0.3) is 0 Å². The molecule has 0 aliphatic carbocycles. The molecule has 0 heterocycles. The molecule has 52 valence electrons. The third kappa shape index (κ3) is 5.24.